The van der Waals surface area contributed by atoms with Crippen LogP contribution in [0.25, 0.3) is 0 Å². The third-order valence-corrected chi connectivity index (χ3v) is 3.45. The summed E-state index contributed by atoms with van der Waals surface area (Å²) >= 11 is 0. The van der Waals surface area contributed by atoms with Crippen LogP contribution in [0.5, 0.6) is 0 Å². The highest BCUT2D eigenvalue weighted by Crippen LogP contribution is 2.30. The fourth-order valence-corrected chi connectivity index (χ4v) is 2.46. The molecule has 124 valence electrons. The molecule has 2 N–H and O–H groups in total. The maximum Gasteiger partial charge on any atom is 0.416 e. The molecule has 0 aliphatic rings. The zero-order valence-corrected chi connectivity index (χ0v) is 12.9. The number of aromatic nitrogens is 1. The van der Waals surface area contributed by atoms with Gasteiger partial charge in [0.1, 0.15) is 5.82 Å². The van der Waals surface area contributed by atoms with Gasteiger partial charge in [-0.05, 0) is 23.8 Å². The van der Waals surface area contributed by atoms with Crippen LogP contribution in [0.15, 0.2) is 42.6 Å². The van der Waals surface area contributed by atoms with Crippen molar-refractivity contribution in [1.82, 2.24) is 4.98 Å². The first-order chi connectivity index (χ1) is 10.6. The third kappa shape index (κ3) is 5.13. The van der Waals surface area contributed by atoms with E-state index in [1.54, 1.807) is 24.3 Å². The number of nitrogens with one attached hydrogen (secondary N) is 2. The van der Waals surface area contributed by atoms with Crippen molar-refractivity contribution in [1.29, 1.82) is 0 Å². The van der Waals surface area contributed by atoms with Crippen LogP contribution < -0.4 is 10.0 Å². The SMILES string of the molecule is CS(=O)(=O)Nc1ccccc1CNc1cc(C(F)(F)F)ccn1. The zero-order chi connectivity index (χ0) is 17.1. The van der Waals surface area contributed by atoms with Gasteiger partial charge >= 0.3 is 6.18 Å². The lowest BCUT2D eigenvalue weighted by Gasteiger charge is -2.13. The standard InChI is InChI=1S/C14H14F3N3O2S/c1-23(21,22)20-12-5-3-2-4-10(12)9-19-13-8-11(6-7-18-13)14(15,16)17/h2-8,20H,9H2,1H3,(H,18,19). The Balaban J connectivity index is 2.16. The van der Waals surface area contributed by atoms with Gasteiger partial charge in [-0.1, -0.05) is 18.2 Å². The van der Waals surface area contributed by atoms with Gasteiger partial charge in [0.25, 0.3) is 0 Å². The number of halogens is 3. The van der Waals surface area contributed by atoms with Gasteiger partial charge in [0.05, 0.1) is 17.5 Å². The Morgan fingerprint density at radius 1 is 1.17 bits per heavy atom. The van der Waals surface area contributed by atoms with Crippen molar-refractivity contribution < 1.29 is 21.6 Å². The minimum Gasteiger partial charge on any atom is -0.366 e. The van der Waals surface area contributed by atoms with E-state index < -0.39 is 21.8 Å². The summed E-state index contributed by atoms with van der Waals surface area (Å²) in [5, 5.41) is 2.75. The molecular weight excluding hydrogens is 331 g/mol. The molecule has 2 aromatic rings. The molecule has 1 aromatic heterocycles. The van der Waals surface area contributed by atoms with Crippen LogP contribution in [-0.4, -0.2) is 19.7 Å². The van der Waals surface area contributed by atoms with E-state index >= 15 is 0 Å². The van der Waals surface area contributed by atoms with Crippen molar-refractivity contribution in [3.05, 3.63) is 53.7 Å². The van der Waals surface area contributed by atoms with E-state index in [2.05, 4.69) is 15.0 Å². The van der Waals surface area contributed by atoms with Gasteiger partial charge in [-0.3, -0.25) is 4.72 Å². The first kappa shape index (κ1) is 17.1. The van der Waals surface area contributed by atoms with Gasteiger partial charge < -0.3 is 5.32 Å². The number of rotatable bonds is 5. The molecule has 0 fully saturated rings. The van der Waals surface area contributed by atoms with Crippen LogP contribution in [0.1, 0.15) is 11.1 Å². The number of benzene rings is 1. The Morgan fingerprint density at radius 2 is 1.87 bits per heavy atom. The molecule has 0 atom stereocenters. The molecule has 1 heterocycles. The second kappa shape index (κ2) is 6.45. The molecule has 0 unspecified atom stereocenters. The molecule has 9 heteroatoms. The second-order valence-corrected chi connectivity index (χ2v) is 6.56. The summed E-state index contributed by atoms with van der Waals surface area (Å²) in [6, 6.07) is 8.35. The van der Waals surface area contributed by atoms with E-state index in [0.717, 1.165) is 24.6 Å². The predicted molar refractivity (Wildman–Crippen MR) is 81.5 cm³/mol. The van der Waals surface area contributed by atoms with Crippen molar-refractivity contribution >= 4 is 21.5 Å². The average Bonchev–Trinajstić information content (AvgIpc) is 2.44. The van der Waals surface area contributed by atoms with E-state index in [4.69, 9.17) is 0 Å². The fraction of sp³-hybridized carbons (Fsp3) is 0.214. The average molecular weight is 345 g/mol. The van der Waals surface area contributed by atoms with Gasteiger partial charge in [0.2, 0.25) is 10.0 Å². The number of para-hydroxylation sites is 1. The number of pyridine rings is 1. The van der Waals surface area contributed by atoms with E-state index in [0.29, 0.717) is 11.3 Å². The summed E-state index contributed by atoms with van der Waals surface area (Å²) in [5.74, 6) is 0.0500. The molecule has 0 saturated carbocycles. The van der Waals surface area contributed by atoms with E-state index in [1.165, 1.54) is 0 Å². The second-order valence-electron chi connectivity index (χ2n) is 4.81. The highest BCUT2D eigenvalue weighted by molar-refractivity contribution is 7.92. The molecule has 0 bridgehead atoms. The monoisotopic (exact) mass is 345 g/mol. The summed E-state index contributed by atoms with van der Waals surface area (Å²) in [5.41, 5.74) is 0.129. The molecule has 0 aliphatic carbocycles. The van der Waals surface area contributed by atoms with Gasteiger partial charge in [-0.2, -0.15) is 13.2 Å². The van der Waals surface area contributed by atoms with Gasteiger partial charge in [-0.25, -0.2) is 13.4 Å². The smallest absolute Gasteiger partial charge is 0.366 e. The Bertz CT molecular complexity index is 792. The van der Waals surface area contributed by atoms with Crippen LogP contribution in [0.4, 0.5) is 24.7 Å². The van der Waals surface area contributed by atoms with Crippen molar-refractivity contribution in [2.45, 2.75) is 12.7 Å². The Labute approximate surface area is 131 Å². The normalized spacial score (nSPS) is 12.0. The molecule has 1 aromatic carbocycles. The van der Waals surface area contributed by atoms with Crippen LogP contribution in [0.2, 0.25) is 0 Å². The third-order valence-electron chi connectivity index (χ3n) is 2.86. The maximum absolute atomic E-state index is 12.6. The number of nitrogens with zero attached hydrogens (tertiary/aromatic N) is 1. The van der Waals surface area contributed by atoms with Gasteiger partial charge in [0, 0.05) is 12.7 Å². The van der Waals surface area contributed by atoms with Crippen molar-refractivity contribution in [2.24, 2.45) is 0 Å². The molecule has 0 spiro atoms. The van der Waals surface area contributed by atoms with E-state index in [1.807, 2.05) is 0 Å². The summed E-state index contributed by atoms with van der Waals surface area (Å²) in [6.45, 7) is 0.118. The topological polar surface area (TPSA) is 71.1 Å². The highest BCUT2D eigenvalue weighted by atomic mass is 32.2. The van der Waals surface area contributed by atoms with Crippen molar-refractivity contribution in [2.75, 3.05) is 16.3 Å². The molecule has 2 rings (SSSR count). The lowest BCUT2D eigenvalue weighted by atomic mass is 10.2. The minimum absolute atomic E-state index is 0.0500. The van der Waals surface area contributed by atoms with E-state index in [9.17, 15) is 21.6 Å². The lowest BCUT2D eigenvalue weighted by Crippen LogP contribution is -2.13. The molecule has 0 amide bonds. The first-order valence-electron chi connectivity index (χ1n) is 6.48. The summed E-state index contributed by atoms with van der Waals surface area (Å²) in [7, 11) is -3.45. The molecule has 5 nitrogen and oxygen atoms in total. The Morgan fingerprint density at radius 3 is 2.52 bits per heavy atom. The number of hydrogen-bond acceptors (Lipinski definition) is 4. The highest BCUT2D eigenvalue weighted by Gasteiger charge is 2.30. The lowest BCUT2D eigenvalue weighted by molar-refractivity contribution is -0.137. The van der Waals surface area contributed by atoms with Crippen LogP contribution in [0, 0.1) is 0 Å². The number of hydrogen-bond donors (Lipinski definition) is 2. The zero-order valence-electron chi connectivity index (χ0n) is 12.1. The minimum atomic E-state index is -4.45. The molecule has 0 aliphatic heterocycles. The summed E-state index contributed by atoms with van der Waals surface area (Å²) in [4.78, 5) is 3.82. The molecule has 0 saturated heterocycles. The van der Waals surface area contributed by atoms with Gasteiger partial charge in [-0.15, -0.1) is 0 Å². The molecule has 23 heavy (non-hydrogen) atoms. The van der Waals surface area contributed by atoms with Crippen LogP contribution in [-0.2, 0) is 22.7 Å². The number of anilines is 2. The predicted octanol–water partition coefficient (Wildman–Crippen LogP) is 3.08. The quantitative estimate of drug-likeness (QED) is 0.874. The van der Waals surface area contributed by atoms with Gasteiger partial charge in [0.15, 0.2) is 0 Å². The summed E-state index contributed by atoms with van der Waals surface area (Å²) in [6.07, 6.45) is -2.37. The Kier molecular flexibility index (Phi) is 4.79. The summed E-state index contributed by atoms with van der Waals surface area (Å²) < 4.78 is 62.9. The van der Waals surface area contributed by atoms with E-state index in [-0.39, 0.29) is 12.4 Å². The largest absolute Gasteiger partial charge is 0.416 e. The van der Waals surface area contributed by atoms with Crippen molar-refractivity contribution in [3.8, 4) is 0 Å². The fourth-order valence-electron chi connectivity index (χ4n) is 1.86. The Hall–Kier alpha value is -2.29. The number of alkyl halides is 3. The van der Waals surface area contributed by atoms with Crippen LogP contribution in [0.3, 0.4) is 0 Å². The van der Waals surface area contributed by atoms with Crippen LogP contribution >= 0.6 is 0 Å². The molecular formula is C14H14F3N3O2S. The first-order valence-corrected chi connectivity index (χ1v) is 8.37. The number of sulfonamides is 1. The molecule has 0 radical (unpaired) electrons. The maximum atomic E-state index is 12.6. The van der Waals surface area contributed by atoms with Crippen molar-refractivity contribution in [3.63, 3.8) is 0 Å².